The zero-order chi connectivity index (χ0) is 14.4. The largest absolute Gasteiger partial charge is 0.496 e. The molecule has 0 N–H and O–H groups in total. The molecule has 0 aliphatic carbocycles. The molecule has 104 valence electrons. The van der Waals surface area contributed by atoms with E-state index in [0.717, 1.165) is 25.3 Å². The van der Waals surface area contributed by atoms with Crippen LogP contribution in [0.1, 0.15) is 30.0 Å². The van der Waals surface area contributed by atoms with Gasteiger partial charge in [0.1, 0.15) is 5.75 Å². The van der Waals surface area contributed by atoms with E-state index >= 15 is 0 Å². The molecule has 0 bridgehead atoms. The van der Waals surface area contributed by atoms with Crippen molar-refractivity contribution in [3.05, 3.63) is 28.8 Å². The fourth-order valence-electron chi connectivity index (χ4n) is 2.24. The van der Waals surface area contributed by atoms with Gasteiger partial charge in [0, 0.05) is 13.1 Å². The van der Waals surface area contributed by atoms with Crippen molar-refractivity contribution in [2.24, 2.45) is 5.92 Å². The molecule has 1 aromatic carbocycles. The average Bonchev–Trinajstić information content (AvgIpc) is 2.41. The number of nitriles is 1. The maximum Gasteiger partial charge on any atom is 0.122 e. The van der Waals surface area contributed by atoms with Gasteiger partial charge in [-0.05, 0) is 50.1 Å². The van der Waals surface area contributed by atoms with Crippen LogP contribution in [0.25, 0.3) is 0 Å². The lowest BCUT2D eigenvalue weighted by atomic mass is 10.0. The molecule has 0 aliphatic rings. The van der Waals surface area contributed by atoms with E-state index in [-0.39, 0.29) is 5.92 Å². The van der Waals surface area contributed by atoms with Gasteiger partial charge in [-0.1, -0.05) is 13.0 Å². The van der Waals surface area contributed by atoms with Gasteiger partial charge in [0.15, 0.2) is 0 Å². The quantitative estimate of drug-likeness (QED) is 0.787. The van der Waals surface area contributed by atoms with Gasteiger partial charge < -0.3 is 9.64 Å². The van der Waals surface area contributed by atoms with Crippen LogP contribution in [-0.2, 0) is 6.54 Å². The molecular weight excluding hydrogens is 236 g/mol. The standard InChI is InChI=1S/C16H24N2O/c1-6-14(9-17)10-18(4)11-15-7-8-16(19-5)13(3)12(15)2/h7-8,14H,6,10-11H2,1-5H3. The second-order valence-electron chi connectivity index (χ2n) is 5.11. The van der Waals surface area contributed by atoms with E-state index in [4.69, 9.17) is 10.00 Å². The zero-order valence-corrected chi connectivity index (χ0v) is 12.7. The Morgan fingerprint density at radius 2 is 2.00 bits per heavy atom. The number of nitrogens with zero attached hydrogens (tertiary/aromatic N) is 2. The van der Waals surface area contributed by atoms with E-state index in [9.17, 15) is 0 Å². The van der Waals surface area contributed by atoms with E-state index in [1.54, 1.807) is 7.11 Å². The van der Waals surface area contributed by atoms with Crippen LogP contribution in [0.5, 0.6) is 5.75 Å². The van der Waals surface area contributed by atoms with Crippen LogP contribution in [0.2, 0.25) is 0 Å². The normalized spacial score (nSPS) is 12.3. The smallest absolute Gasteiger partial charge is 0.122 e. The molecule has 0 saturated carbocycles. The summed E-state index contributed by atoms with van der Waals surface area (Å²) in [6, 6.07) is 6.49. The molecule has 3 heteroatoms. The Balaban J connectivity index is 2.78. The molecular formula is C16H24N2O. The average molecular weight is 260 g/mol. The zero-order valence-electron chi connectivity index (χ0n) is 12.7. The molecule has 0 amide bonds. The minimum absolute atomic E-state index is 0.115. The molecule has 1 rings (SSSR count). The molecule has 0 aliphatic heterocycles. The molecule has 1 aromatic rings. The van der Waals surface area contributed by atoms with Crippen LogP contribution < -0.4 is 4.74 Å². The first kappa shape index (κ1) is 15.5. The predicted octanol–water partition coefficient (Wildman–Crippen LogP) is 3.29. The highest BCUT2D eigenvalue weighted by molar-refractivity contribution is 5.43. The summed E-state index contributed by atoms with van der Waals surface area (Å²) in [5.41, 5.74) is 3.77. The fourth-order valence-corrected chi connectivity index (χ4v) is 2.24. The third-order valence-electron chi connectivity index (χ3n) is 3.72. The number of methoxy groups -OCH3 is 1. The maximum atomic E-state index is 9.01. The van der Waals surface area contributed by atoms with Crippen LogP contribution in [0.4, 0.5) is 0 Å². The number of ether oxygens (including phenoxy) is 1. The van der Waals surface area contributed by atoms with E-state index in [1.807, 2.05) is 6.07 Å². The third-order valence-corrected chi connectivity index (χ3v) is 3.72. The van der Waals surface area contributed by atoms with Gasteiger partial charge in [0.25, 0.3) is 0 Å². The number of hydrogen-bond donors (Lipinski definition) is 0. The molecule has 0 aromatic heterocycles. The molecule has 0 heterocycles. The SMILES string of the molecule is CCC(C#N)CN(C)Cc1ccc(OC)c(C)c1C. The molecule has 1 unspecified atom stereocenters. The molecule has 1 atom stereocenters. The highest BCUT2D eigenvalue weighted by Crippen LogP contribution is 2.24. The van der Waals surface area contributed by atoms with Gasteiger partial charge >= 0.3 is 0 Å². The molecule has 0 saturated heterocycles. The second-order valence-corrected chi connectivity index (χ2v) is 5.11. The van der Waals surface area contributed by atoms with E-state index in [1.165, 1.54) is 16.7 Å². The first-order valence-corrected chi connectivity index (χ1v) is 6.74. The van der Waals surface area contributed by atoms with Crippen molar-refractivity contribution in [3.8, 4) is 11.8 Å². The van der Waals surface area contributed by atoms with Gasteiger partial charge in [-0.3, -0.25) is 0 Å². The summed E-state index contributed by atoms with van der Waals surface area (Å²) in [4.78, 5) is 2.21. The molecule has 0 fully saturated rings. The van der Waals surface area contributed by atoms with Crippen molar-refractivity contribution in [3.63, 3.8) is 0 Å². The Morgan fingerprint density at radius 1 is 1.32 bits per heavy atom. The van der Waals surface area contributed by atoms with Crippen molar-refractivity contribution in [1.29, 1.82) is 5.26 Å². The van der Waals surface area contributed by atoms with Crippen molar-refractivity contribution in [2.75, 3.05) is 20.7 Å². The van der Waals surface area contributed by atoms with Crippen LogP contribution >= 0.6 is 0 Å². The van der Waals surface area contributed by atoms with Crippen molar-refractivity contribution < 1.29 is 4.74 Å². The van der Waals surface area contributed by atoms with Crippen LogP contribution in [0, 0.1) is 31.1 Å². The Kier molecular flexibility index (Phi) is 5.85. The van der Waals surface area contributed by atoms with E-state index in [0.29, 0.717) is 0 Å². The van der Waals surface area contributed by atoms with Gasteiger partial charge in [-0.2, -0.15) is 5.26 Å². The second kappa shape index (κ2) is 7.16. The Morgan fingerprint density at radius 3 is 2.53 bits per heavy atom. The summed E-state index contributed by atoms with van der Waals surface area (Å²) in [5.74, 6) is 1.05. The minimum Gasteiger partial charge on any atom is -0.496 e. The Bertz CT molecular complexity index is 463. The van der Waals surface area contributed by atoms with Gasteiger partial charge in [0.05, 0.1) is 19.1 Å². The Labute approximate surface area is 116 Å². The molecule has 0 radical (unpaired) electrons. The van der Waals surface area contributed by atoms with Crippen LogP contribution in [0.3, 0.4) is 0 Å². The first-order valence-electron chi connectivity index (χ1n) is 6.74. The summed E-state index contributed by atoms with van der Waals surface area (Å²) in [6.07, 6.45) is 0.904. The lowest BCUT2D eigenvalue weighted by Crippen LogP contribution is -2.24. The minimum atomic E-state index is 0.115. The van der Waals surface area contributed by atoms with Crippen molar-refractivity contribution >= 4 is 0 Å². The van der Waals surface area contributed by atoms with E-state index < -0.39 is 0 Å². The predicted molar refractivity (Wildman–Crippen MR) is 78.2 cm³/mol. The number of benzene rings is 1. The van der Waals surface area contributed by atoms with Crippen LogP contribution in [0.15, 0.2) is 12.1 Å². The third kappa shape index (κ3) is 3.97. The van der Waals surface area contributed by atoms with E-state index in [2.05, 4.69) is 44.9 Å². The van der Waals surface area contributed by atoms with Gasteiger partial charge in [0.2, 0.25) is 0 Å². The summed E-state index contributed by atoms with van der Waals surface area (Å²) >= 11 is 0. The van der Waals surface area contributed by atoms with Gasteiger partial charge in [-0.25, -0.2) is 0 Å². The summed E-state index contributed by atoms with van der Waals surface area (Å²) in [7, 11) is 3.77. The Hall–Kier alpha value is -1.53. The monoisotopic (exact) mass is 260 g/mol. The summed E-state index contributed by atoms with van der Waals surface area (Å²) < 4.78 is 5.33. The highest BCUT2D eigenvalue weighted by Gasteiger charge is 2.12. The topological polar surface area (TPSA) is 36.3 Å². The summed E-state index contributed by atoms with van der Waals surface area (Å²) in [5, 5.41) is 9.01. The molecule has 19 heavy (non-hydrogen) atoms. The molecule has 3 nitrogen and oxygen atoms in total. The van der Waals surface area contributed by atoms with Gasteiger partial charge in [-0.15, -0.1) is 0 Å². The lowest BCUT2D eigenvalue weighted by Gasteiger charge is -2.21. The lowest BCUT2D eigenvalue weighted by molar-refractivity contribution is 0.291. The van der Waals surface area contributed by atoms with Crippen molar-refractivity contribution in [1.82, 2.24) is 4.90 Å². The van der Waals surface area contributed by atoms with Crippen LogP contribution in [-0.4, -0.2) is 25.6 Å². The van der Waals surface area contributed by atoms with Crippen molar-refractivity contribution in [2.45, 2.75) is 33.7 Å². The first-order chi connectivity index (χ1) is 9.03. The highest BCUT2D eigenvalue weighted by atomic mass is 16.5. The summed E-state index contributed by atoms with van der Waals surface area (Å²) in [6.45, 7) is 7.96. The fraction of sp³-hybridized carbons (Fsp3) is 0.562. The maximum absolute atomic E-state index is 9.01. The number of rotatable bonds is 6. The number of hydrogen-bond acceptors (Lipinski definition) is 3. The molecule has 0 spiro atoms.